The van der Waals surface area contributed by atoms with Gasteiger partial charge in [-0.25, -0.2) is 0 Å². The van der Waals surface area contributed by atoms with Crippen LogP contribution in [-0.4, -0.2) is 34.4 Å². The van der Waals surface area contributed by atoms with Crippen molar-refractivity contribution in [2.45, 2.75) is 27.2 Å². The quantitative estimate of drug-likeness (QED) is 0.676. The van der Waals surface area contributed by atoms with E-state index >= 15 is 0 Å². The summed E-state index contributed by atoms with van der Waals surface area (Å²) < 4.78 is 6.77. The first-order valence-corrected chi connectivity index (χ1v) is 9.20. The predicted octanol–water partition coefficient (Wildman–Crippen LogP) is 4.52. The van der Waals surface area contributed by atoms with E-state index in [2.05, 4.69) is 0 Å². The number of carboxylic acids is 1. The third-order valence-electron chi connectivity index (χ3n) is 4.16. The molecule has 1 aromatic heterocycles. The Hall–Kier alpha value is -3.12. The molecule has 152 valence electrons. The van der Waals surface area contributed by atoms with E-state index in [0.29, 0.717) is 38.5 Å². The van der Waals surface area contributed by atoms with Gasteiger partial charge in [-0.3, -0.25) is 14.2 Å². The normalized spacial score (nSPS) is 10.2. The Morgan fingerprint density at radius 2 is 1.66 bits per heavy atom. The molecule has 6 nitrogen and oxygen atoms in total. The van der Waals surface area contributed by atoms with Gasteiger partial charge in [0.15, 0.2) is 0 Å². The second kappa shape index (κ2) is 9.39. The summed E-state index contributed by atoms with van der Waals surface area (Å²) in [6.07, 6.45) is -0.170. The summed E-state index contributed by atoms with van der Waals surface area (Å²) in [5.74, 6) is -0.417. The Bertz CT molecular complexity index is 1060. The van der Waals surface area contributed by atoms with E-state index in [9.17, 15) is 19.5 Å². The topological polar surface area (TPSA) is 85.6 Å². The molecule has 0 aliphatic heterocycles. The predicted molar refractivity (Wildman–Crippen MR) is 112 cm³/mol. The lowest BCUT2D eigenvalue weighted by Crippen LogP contribution is -2.14. The van der Waals surface area contributed by atoms with Crippen LogP contribution in [0.2, 0.25) is 5.02 Å². The van der Waals surface area contributed by atoms with Gasteiger partial charge in [0.2, 0.25) is 0 Å². The number of Topliss-reactive ketones (excluding diaryl/α,β-unsaturated/α-hetero) is 1. The molecule has 29 heavy (non-hydrogen) atoms. The summed E-state index contributed by atoms with van der Waals surface area (Å²) in [7, 11) is 1.54. The average molecular weight is 416 g/mol. The van der Waals surface area contributed by atoms with Crippen LogP contribution < -0.4 is 4.74 Å². The summed E-state index contributed by atoms with van der Waals surface area (Å²) in [5, 5.41) is 10.5. The maximum atomic E-state index is 13.0. The minimum atomic E-state index is -0.955. The monoisotopic (exact) mass is 415 g/mol. The van der Waals surface area contributed by atoms with Crippen LogP contribution in [0.4, 0.5) is 0 Å². The van der Waals surface area contributed by atoms with Crippen molar-refractivity contribution in [3.8, 4) is 5.75 Å². The second-order valence-corrected chi connectivity index (χ2v) is 7.01. The largest absolute Gasteiger partial charge is 0.497 e. The molecule has 0 bridgehead atoms. The summed E-state index contributed by atoms with van der Waals surface area (Å²) in [6.45, 7) is 4.80. The van der Waals surface area contributed by atoms with Gasteiger partial charge in [0.1, 0.15) is 11.5 Å². The number of methoxy groups -OCH3 is 1. The highest BCUT2D eigenvalue weighted by atomic mass is 35.5. The van der Waals surface area contributed by atoms with Gasteiger partial charge < -0.3 is 14.6 Å². The highest BCUT2D eigenvalue weighted by molar-refractivity contribution is 6.30. The minimum Gasteiger partial charge on any atom is -0.497 e. The average Bonchev–Trinajstić information content (AvgIpc) is 2.92. The smallest absolute Gasteiger partial charge is 0.307 e. The molecule has 0 amide bonds. The second-order valence-electron chi connectivity index (χ2n) is 6.57. The summed E-state index contributed by atoms with van der Waals surface area (Å²) >= 11 is 5.89. The van der Waals surface area contributed by atoms with E-state index in [1.165, 1.54) is 18.4 Å². The van der Waals surface area contributed by atoms with Gasteiger partial charge in [0, 0.05) is 21.7 Å². The minimum absolute atomic E-state index is 0.167. The van der Waals surface area contributed by atoms with Crippen molar-refractivity contribution in [2.24, 2.45) is 0 Å². The Labute approximate surface area is 173 Å². The number of nitrogens with zero attached hydrogens (tertiary/aromatic N) is 1. The van der Waals surface area contributed by atoms with Gasteiger partial charge in [-0.2, -0.15) is 0 Å². The fraction of sp³-hybridized carbons (Fsp3) is 0.227. The van der Waals surface area contributed by atoms with Gasteiger partial charge in [-0.05, 0) is 68.8 Å². The Morgan fingerprint density at radius 1 is 1.07 bits per heavy atom. The van der Waals surface area contributed by atoms with Crippen LogP contribution in [0.15, 0.2) is 42.5 Å². The van der Waals surface area contributed by atoms with Crippen LogP contribution in [0.5, 0.6) is 5.75 Å². The fourth-order valence-corrected chi connectivity index (χ4v) is 3.07. The van der Waals surface area contributed by atoms with Crippen molar-refractivity contribution in [1.82, 2.24) is 4.57 Å². The number of carboxylic acid groups (broad SMARTS) is 1. The SMILES string of the molecule is CC(C)=O.COc1ccc2c(c1)c(CC(=O)O)c(C)n2C(=O)c1ccc(Cl)cc1. The lowest BCUT2D eigenvalue weighted by molar-refractivity contribution is -0.136. The highest BCUT2D eigenvalue weighted by Gasteiger charge is 2.21. The van der Waals surface area contributed by atoms with Crippen LogP contribution in [0, 0.1) is 6.92 Å². The summed E-state index contributed by atoms with van der Waals surface area (Å²) in [5.41, 5.74) is 2.32. The van der Waals surface area contributed by atoms with Crippen molar-refractivity contribution in [2.75, 3.05) is 7.11 Å². The molecule has 0 unspecified atom stereocenters. The van der Waals surface area contributed by atoms with Gasteiger partial charge in [-0.15, -0.1) is 0 Å². The van der Waals surface area contributed by atoms with E-state index in [0.717, 1.165) is 0 Å². The number of carbonyl (C=O) groups is 3. The van der Waals surface area contributed by atoms with Crippen LogP contribution in [-0.2, 0) is 16.0 Å². The Morgan fingerprint density at radius 3 is 2.17 bits per heavy atom. The van der Waals surface area contributed by atoms with Crippen molar-refractivity contribution >= 4 is 40.2 Å². The number of benzene rings is 2. The van der Waals surface area contributed by atoms with Crippen molar-refractivity contribution in [3.63, 3.8) is 0 Å². The van der Waals surface area contributed by atoms with Crippen LogP contribution >= 0.6 is 11.6 Å². The standard InChI is InChI=1S/C19H16ClNO4.C3H6O/c1-11-15(10-18(22)23)16-9-14(25-2)7-8-17(16)21(11)19(24)12-3-5-13(20)6-4-12;1-3(2)4/h3-9H,10H2,1-2H3,(H,22,23);1-2H3. The molecule has 0 saturated carbocycles. The zero-order valence-corrected chi connectivity index (χ0v) is 17.4. The molecule has 0 atom stereocenters. The molecule has 2 aromatic carbocycles. The number of fused-ring (bicyclic) bond motifs is 1. The number of aromatic nitrogens is 1. The third-order valence-corrected chi connectivity index (χ3v) is 4.42. The lowest BCUT2D eigenvalue weighted by atomic mass is 10.1. The molecule has 3 rings (SSSR count). The lowest BCUT2D eigenvalue weighted by Gasteiger charge is -2.08. The number of ketones is 1. The third kappa shape index (κ3) is 5.23. The maximum absolute atomic E-state index is 13.0. The first-order valence-electron chi connectivity index (χ1n) is 8.82. The van der Waals surface area contributed by atoms with E-state index < -0.39 is 5.97 Å². The molecule has 1 heterocycles. The van der Waals surface area contributed by atoms with Crippen LogP contribution in [0.1, 0.15) is 35.5 Å². The molecule has 0 radical (unpaired) electrons. The van der Waals surface area contributed by atoms with Crippen molar-refractivity contribution in [1.29, 1.82) is 0 Å². The van der Waals surface area contributed by atoms with Crippen molar-refractivity contribution < 1.29 is 24.2 Å². The molecule has 7 heteroatoms. The number of aliphatic carboxylic acids is 1. The van der Waals surface area contributed by atoms with Crippen molar-refractivity contribution in [3.05, 3.63) is 64.3 Å². The zero-order chi connectivity index (χ0) is 21.7. The Kier molecular flexibility index (Phi) is 7.18. The fourth-order valence-electron chi connectivity index (χ4n) is 2.95. The molecule has 3 aromatic rings. The first kappa shape index (κ1) is 22.2. The molecule has 0 saturated heterocycles. The Balaban J connectivity index is 0.000000687. The van der Waals surface area contributed by atoms with Crippen LogP contribution in [0.25, 0.3) is 10.9 Å². The van der Waals surface area contributed by atoms with E-state index in [1.54, 1.807) is 56.5 Å². The van der Waals surface area contributed by atoms with Gasteiger partial charge in [0.25, 0.3) is 5.91 Å². The van der Waals surface area contributed by atoms with Gasteiger partial charge in [0.05, 0.1) is 19.0 Å². The number of rotatable bonds is 4. The number of carbonyl (C=O) groups excluding carboxylic acids is 2. The van der Waals surface area contributed by atoms with Gasteiger partial charge in [-0.1, -0.05) is 11.6 Å². The molecular weight excluding hydrogens is 394 g/mol. The van der Waals surface area contributed by atoms with Crippen LogP contribution in [0.3, 0.4) is 0 Å². The molecule has 0 aliphatic rings. The molecule has 1 N–H and O–H groups in total. The summed E-state index contributed by atoms with van der Waals surface area (Å²) in [6, 6.07) is 11.9. The molecular formula is C22H22ClNO5. The van der Waals surface area contributed by atoms with E-state index in [4.69, 9.17) is 16.3 Å². The number of halogens is 1. The summed E-state index contributed by atoms with van der Waals surface area (Å²) in [4.78, 5) is 33.7. The first-order chi connectivity index (χ1) is 13.6. The number of hydrogen-bond acceptors (Lipinski definition) is 4. The van der Waals surface area contributed by atoms with Gasteiger partial charge >= 0.3 is 5.97 Å². The number of hydrogen-bond donors (Lipinski definition) is 1. The molecule has 0 spiro atoms. The molecule has 0 aliphatic carbocycles. The zero-order valence-electron chi connectivity index (χ0n) is 16.7. The van der Waals surface area contributed by atoms with E-state index in [1.807, 2.05) is 0 Å². The maximum Gasteiger partial charge on any atom is 0.307 e. The highest BCUT2D eigenvalue weighted by Crippen LogP contribution is 2.30. The van der Waals surface area contributed by atoms with E-state index in [-0.39, 0.29) is 18.1 Å². The molecule has 0 fully saturated rings. The number of ether oxygens (including phenoxy) is 1.